The second-order valence-electron chi connectivity index (χ2n) is 8.90. The molecule has 1 aliphatic heterocycles. The van der Waals surface area contributed by atoms with Crippen molar-refractivity contribution < 1.29 is 17.9 Å². The fourth-order valence-electron chi connectivity index (χ4n) is 4.31. The van der Waals surface area contributed by atoms with Crippen LogP contribution in [0.2, 0.25) is 0 Å². The molecule has 1 aliphatic rings. The van der Waals surface area contributed by atoms with Crippen LogP contribution in [-0.4, -0.2) is 53.3 Å². The molecule has 180 valence electrons. The van der Waals surface area contributed by atoms with Crippen molar-refractivity contribution in [2.75, 3.05) is 24.3 Å². The van der Waals surface area contributed by atoms with Gasteiger partial charge in [-0.15, -0.1) is 5.10 Å². The highest BCUT2D eigenvalue weighted by Crippen LogP contribution is 2.37. The molecule has 1 atom stereocenters. The topological polar surface area (TPSA) is 145 Å². The largest absolute Gasteiger partial charge is 0.480 e. The maximum Gasteiger partial charge on any atom is 0.268 e. The summed E-state index contributed by atoms with van der Waals surface area (Å²) in [5.74, 6) is 0.600. The molecule has 0 unspecified atom stereocenters. The summed E-state index contributed by atoms with van der Waals surface area (Å²) in [6, 6.07) is 7.56. The van der Waals surface area contributed by atoms with Gasteiger partial charge in [0, 0.05) is 30.5 Å². The molecule has 0 radical (unpaired) electrons. The fraction of sp³-hybridized carbons (Fsp3) is 0.364. The van der Waals surface area contributed by atoms with Crippen molar-refractivity contribution in [1.29, 1.82) is 0 Å². The first-order valence-corrected chi connectivity index (χ1v) is 12.2. The van der Waals surface area contributed by atoms with E-state index >= 15 is 0 Å². The van der Waals surface area contributed by atoms with Gasteiger partial charge in [0.1, 0.15) is 16.5 Å². The highest BCUT2D eigenvalue weighted by atomic mass is 32.2. The molecule has 4 rings (SSSR count). The highest BCUT2D eigenvalue weighted by Gasteiger charge is 2.39. The van der Waals surface area contributed by atoms with Gasteiger partial charge in [-0.25, -0.2) is 27.8 Å². The number of nitrogens with two attached hydrogens (primary N) is 1. The van der Waals surface area contributed by atoms with E-state index in [0.29, 0.717) is 30.0 Å². The first kappa shape index (κ1) is 23.5. The molecule has 3 aromatic heterocycles. The molecule has 0 saturated carbocycles. The molecule has 1 amide bonds. The van der Waals surface area contributed by atoms with E-state index in [-0.39, 0.29) is 21.8 Å². The van der Waals surface area contributed by atoms with Crippen molar-refractivity contribution in [3.05, 3.63) is 48.3 Å². The molecule has 1 fully saturated rings. The predicted octanol–water partition coefficient (Wildman–Crippen LogP) is 2.00. The zero-order chi connectivity index (χ0) is 24.7. The predicted molar refractivity (Wildman–Crippen MR) is 126 cm³/mol. The average molecular weight is 486 g/mol. The molecule has 1 saturated heterocycles. The number of amides is 1. The Morgan fingerprint density at radius 2 is 2.03 bits per heavy atom. The minimum atomic E-state index is -4.25. The van der Waals surface area contributed by atoms with Gasteiger partial charge in [0.25, 0.3) is 15.9 Å². The summed E-state index contributed by atoms with van der Waals surface area (Å²) in [6.07, 6.45) is 3.95. The Bertz CT molecular complexity index is 1340. The van der Waals surface area contributed by atoms with Crippen molar-refractivity contribution in [3.8, 4) is 11.7 Å². The standard InChI is InChI=1S/C22H27N7O4S/c1-14-12-22(2,3)28(13-14)20-15(7-8-17(25-20)29-11-9-18(26-29)33-4)21(30)27-34(31,32)16-6-5-10-24-19(16)23/h5-11,14H,12-13H2,1-4H3,(H2,23,24)(H,27,30)/t14-/m0/s1. The number of methoxy groups -OCH3 is 1. The summed E-state index contributed by atoms with van der Waals surface area (Å²) < 4.78 is 34.5. The lowest BCUT2D eigenvalue weighted by Crippen LogP contribution is -2.41. The molecule has 0 spiro atoms. The Labute approximate surface area is 198 Å². The molecule has 3 N–H and O–H groups in total. The molecular weight excluding hydrogens is 458 g/mol. The maximum atomic E-state index is 13.3. The van der Waals surface area contributed by atoms with Crippen LogP contribution in [0, 0.1) is 5.92 Å². The molecule has 0 aliphatic carbocycles. The Hall–Kier alpha value is -3.67. The number of hydrogen-bond acceptors (Lipinski definition) is 9. The fourth-order valence-corrected chi connectivity index (χ4v) is 5.36. The lowest BCUT2D eigenvalue weighted by atomic mass is 9.97. The van der Waals surface area contributed by atoms with E-state index in [0.717, 1.165) is 6.42 Å². The third-order valence-corrected chi connectivity index (χ3v) is 7.14. The number of anilines is 2. The van der Waals surface area contributed by atoms with Crippen molar-refractivity contribution in [2.24, 2.45) is 5.92 Å². The van der Waals surface area contributed by atoms with Crippen molar-refractivity contribution in [1.82, 2.24) is 24.5 Å². The third-order valence-electron chi connectivity index (χ3n) is 5.76. The monoisotopic (exact) mass is 485 g/mol. The quantitative estimate of drug-likeness (QED) is 0.535. The lowest BCUT2D eigenvalue weighted by Gasteiger charge is -2.34. The number of carbonyl (C=O) groups excluding carboxylic acids is 1. The van der Waals surface area contributed by atoms with Crippen LogP contribution >= 0.6 is 0 Å². The molecule has 4 heterocycles. The van der Waals surface area contributed by atoms with E-state index in [1.165, 1.54) is 30.1 Å². The highest BCUT2D eigenvalue weighted by molar-refractivity contribution is 7.90. The van der Waals surface area contributed by atoms with Crippen molar-refractivity contribution >= 4 is 27.6 Å². The Morgan fingerprint density at radius 3 is 2.65 bits per heavy atom. The first-order valence-electron chi connectivity index (χ1n) is 10.7. The lowest BCUT2D eigenvalue weighted by molar-refractivity contribution is 0.0981. The van der Waals surface area contributed by atoms with E-state index < -0.39 is 15.9 Å². The van der Waals surface area contributed by atoms with E-state index in [9.17, 15) is 13.2 Å². The molecule has 0 bridgehead atoms. The Kier molecular flexibility index (Phi) is 5.94. The molecule has 12 heteroatoms. The van der Waals surface area contributed by atoms with Gasteiger partial charge in [0.05, 0.1) is 12.7 Å². The number of sulfonamides is 1. The summed E-state index contributed by atoms with van der Waals surface area (Å²) in [7, 11) is -2.73. The van der Waals surface area contributed by atoms with Gasteiger partial charge in [0.15, 0.2) is 5.82 Å². The zero-order valence-corrected chi connectivity index (χ0v) is 20.2. The van der Waals surface area contributed by atoms with Crippen LogP contribution in [0.1, 0.15) is 37.6 Å². The summed E-state index contributed by atoms with van der Waals surface area (Å²) >= 11 is 0. The van der Waals surface area contributed by atoms with Crippen molar-refractivity contribution in [2.45, 2.75) is 37.6 Å². The number of carbonyl (C=O) groups is 1. The SMILES string of the molecule is COc1ccn(-c2ccc(C(=O)NS(=O)(=O)c3cccnc3N)c(N3C[C@@H](C)CC3(C)C)n2)n1. The van der Waals surface area contributed by atoms with Crippen LogP contribution in [0.15, 0.2) is 47.6 Å². The Balaban J connectivity index is 1.77. The number of hydrogen-bond donors (Lipinski definition) is 2. The zero-order valence-electron chi connectivity index (χ0n) is 19.4. The van der Waals surface area contributed by atoms with E-state index in [2.05, 4.69) is 35.6 Å². The summed E-state index contributed by atoms with van der Waals surface area (Å²) in [6.45, 7) is 6.92. The van der Waals surface area contributed by atoms with Gasteiger partial charge in [-0.3, -0.25) is 4.79 Å². The molecule has 0 aromatic carbocycles. The van der Waals surface area contributed by atoms with Crippen LogP contribution in [0.5, 0.6) is 5.88 Å². The van der Waals surface area contributed by atoms with Crippen molar-refractivity contribution in [3.63, 3.8) is 0 Å². The van der Waals surface area contributed by atoms with Gasteiger partial charge in [-0.2, -0.15) is 0 Å². The van der Waals surface area contributed by atoms with Gasteiger partial charge < -0.3 is 15.4 Å². The minimum Gasteiger partial charge on any atom is -0.480 e. The van der Waals surface area contributed by atoms with E-state index in [4.69, 9.17) is 15.5 Å². The maximum absolute atomic E-state index is 13.3. The molecule has 11 nitrogen and oxygen atoms in total. The summed E-state index contributed by atoms with van der Waals surface area (Å²) in [5.41, 5.74) is 5.54. The normalized spacial score (nSPS) is 17.5. The van der Waals surface area contributed by atoms with E-state index in [1.807, 2.05) is 4.90 Å². The number of ether oxygens (including phenoxy) is 1. The van der Waals surface area contributed by atoms with Gasteiger partial charge in [-0.1, -0.05) is 6.92 Å². The van der Waals surface area contributed by atoms with Crippen LogP contribution in [-0.2, 0) is 10.0 Å². The molecular formula is C22H27N7O4S. The minimum absolute atomic E-state index is 0.121. The van der Waals surface area contributed by atoms with Gasteiger partial charge in [-0.05, 0) is 50.5 Å². The number of nitrogen functional groups attached to an aromatic ring is 1. The molecule has 34 heavy (non-hydrogen) atoms. The van der Waals surface area contributed by atoms with Crippen LogP contribution in [0.25, 0.3) is 5.82 Å². The van der Waals surface area contributed by atoms with Gasteiger partial charge in [0.2, 0.25) is 5.88 Å². The number of rotatable bonds is 6. The Morgan fingerprint density at radius 1 is 1.26 bits per heavy atom. The van der Waals surface area contributed by atoms with Crippen LogP contribution in [0.4, 0.5) is 11.6 Å². The smallest absolute Gasteiger partial charge is 0.268 e. The summed E-state index contributed by atoms with van der Waals surface area (Å²) in [4.78, 5) is 23.5. The van der Waals surface area contributed by atoms with E-state index in [1.54, 1.807) is 24.4 Å². The van der Waals surface area contributed by atoms with Crippen LogP contribution < -0.4 is 20.1 Å². The number of pyridine rings is 2. The third kappa shape index (κ3) is 4.40. The number of nitrogens with one attached hydrogen (secondary N) is 1. The number of aromatic nitrogens is 4. The molecule has 3 aromatic rings. The average Bonchev–Trinajstić information content (AvgIpc) is 3.36. The first-order chi connectivity index (χ1) is 16.0. The van der Waals surface area contributed by atoms with Gasteiger partial charge >= 0.3 is 0 Å². The summed E-state index contributed by atoms with van der Waals surface area (Å²) in [5, 5.41) is 4.30. The van der Waals surface area contributed by atoms with Crippen LogP contribution in [0.3, 0.4) is 0 Å². The second kappa shape index (κ2) is 8.60. The number of nitrogens with zero attached hydrogens (tertiary/aromatic N) is 5. The second-order valence-corrected chi connectivity index (χ2v) is 10.5.